The lowest BCUT2D eigenvalue weighted by Gasteiger charge is -2.36. The van der Waals surface area contributed by atoms with E-state index < -0.39 is 0 Å². The number of morpholine rings is 1. The zero-order valence-corrected chi connectivity index (χ0v) is 17.8. The summed E-state index contributed by atoms with van der Waals surface area (Å²) >= 11 is 1.59. The molecule has 3 unspecified atom stereocenters. The summed E-state index contributed by atoms with van der Waals surface area (Å²) in [6.45, 7) is 7.21. The lowest BCUT2D eigenvalue weighted by Crippen LogP contribution is -2.48. The average Bonchev–Trinajstić information content (AvgIpc) is 3.19. The lowest BCUT2D eigenvalue weighted by molar-refractivity contribution is -0.143. The number of phenols is 1. The molecule has 3 rings (SSSR count). The maximum absolute atomic E-state index is 13.2. The van der Waals surface area contributed by atoms with Gasteiger partial charge in [-0.3, -0.25) is 4.79 Å². The predicted octanol–water partition coefficient (Wildman–Crippen LogP) is 4.18. The molecule has 5 nitrogen and oxygen atoms in total. The van der Waals surface area contributed by atoms with Gasteiger partial charge in [-0.05, 0) is 49.4 Å². The first-order valence-electron chi connectivity index (χ1n) is 9.79. The topological polar surface area (TPSA) is 59.0 Å². The molecule has 0 aliphatic carbocycles. The number of amides is 1. The fourth-order valence-corrected chi connectivity index (χ4v) is 4.75. The summed E-state index contributed by atoms with van der Waals surface area (Å²) < 4.78 is 11.4. The minimum absolute atomic E-state index is 0.0275. The van der Waals surface area contributed by atoms with Gasteiger partial charge in [0.25, 0.3) is 0 Å². The standard InChI is InChI=1S/C22H29NO4S/c1-5-16-9-18(24)22(19(10-16)26-4)17(20-7-6-8-28-20)11-21(25)23-12-14(2)27-15(3)13-23/h6-10,14-15,17,24H,5,11-13H2,1-4H3. The highest BCUT2D eigenvalue weighted by atomic mass is 32.1. The molecule has 6 heteroatoms. The number of hydrogen-bond donors (Lipinski definition) is 1. The number of hydrogen-bond acceptors (Lipinski definition) is 5. The summed E-state index contributed by atoms with van der Waals surface area (Å²) in [7, 11) is 1.61. The minimum Gasteiger partial charge on any atom is -0.507 e. The summed E-state index contributed by atoms with van der Waals surface area (Å²) in [5, 5.41) is 12.8. The number of rotatable bonds is 6. The first-order chi connectivity index (χ1) is 13.4. The van der Waals surface area contributed by atoms with Crippen LogP contribution in [0.3, 0.4) is 0 Å². The third-order valence-corrected chi connectivity index (χ3v) is 6.18. The van der Waals surface area contributed by atoms with Crippen LogP contribution in [0.25, 0.3) is 0 Å². The van der Waals surface area contributed by atoms with Gasteiger partial charge in [-0.15, -0.1) is 11.3 Å². The van der Waals surface area contributed by atoms with E-state index in [1.807, 2.05) is 49.3 Å². The normalized spacial score (nSPS) is 20.8. The van der Waals surface area contributed by atoms with Crippen LogP contribution in [-0.4, -0.2) is 48.3 Å². The Bertz CT molecular complexity index is 795. The fraction of sp³-hybridized carbons (Fsp3) is 0.500. The summed E-state index contributed by atoms with van der Waals surface area (Å²) in [5.74, 6) is 0.640. The van der Waals surface area contributed by atoms with Crippen molar-refractivity contribution in [1.29, 1.82) is 0 Å². The first-order valence-corrected chi connectivity index (χ1v) is 10.7. The first kappa shape index (κ1) is 20.7. The van der Waals surface area contributed by atoms with E-state index in [-0.39, 0.29) is 36.2 Å². The minimum atomic E-state index is -0.248. The highest BCUT2D eigenvalue weighted by Crippen LogP contribution is 2.43. The average molecular weight is 404 g/mol. The number of thiophene rings is 1. The van der Waals surface area contributed by atoms with Crippen molar-refractivity contribution in [3.05, 3.63) is 45.6 Å². The molecule has 3 atom stereocenters. The third kappa shape index (κ3) is 4.50. The van der Waals surface area contributed by atoms with Crippen LogP contribution in [0.5, 0.6) is 11.5 Å². The van der Waals surface area contributed by atoms with E-state index in [4.69, 9.17) is 9.47 Å². The predicted molar refractivity (Wildman–Crippen MR) is 111 cm³/mol. The fourth-order valence-electron chi connectivity index (χ4n) is 3.91. The number of benzene rings is 1. The number of aryl methyl sites for hydroxylation is 1. The molecule has 28 heavy (non-hydrogen) atoms. The van der Waals surface area contributed by atoms with Gasteiger partial charge < -0.3 is 19.5 Å². The van der Waals surface area contributed by atoms with E-state index in [1.165, 1.54) is 0 Å². The molecule has 0 bridgehead atoms. The molecule has 1 aliphatic heterocycles. The molecule has 1 fully saturated rings. The molecule has 2 aromatic rings. The molecule has 1 aromatic heterocycles. The zero-order valence-electron chi connectivity index (χ0n) is 17.0. The molecule has 1 aromatic carbocycles. The van der Waals surface area contributed by atoms with Crippen molar-refractivity contribution < 1.29 is 19.4 Å². The number of nitrogens with zero attached hydrogens (tertiary/aromatic N) is 1. The van der Waals surface area contributed by atoms with E-state index in [1.54, 1.807) is 24.5 Å². The number of carbonyl (C=O) groups excluding carboxylic acids is 1. The van der Waals surface area contributed by atoms with E-state index in [2.05, 4.69) is 0 Å². The van der Waals surface area contributed by atoms with Gasteiger partial charge in [-0.2, -0.15) is 0 Å². The van der Waals surface area contributed by atoms with Crippen molar-refractivity contribution in [1.82, 2.24) is 4.90 Å². The number of carbonyl (C=O) groups is 1. The van der Waals surface area contributed by atoms with Crippen LogP contribution in [0.1, 0.15) is 49.1 Å². The molecule has 0 saturated carbocycles. The monoisotopic (exact) mass is 403 g/mol. The van der Waals surface area contributed by atoms with Crippen LogP contribution in [-0.2, 0) is 16.0 Å². The Morgan fingerprint density at radius 2 is 2.07 bits per heavy atom. The molecule has 1 saturated heterocycles. The summed E-state index contributed by atoms with van der Waals surface area (Å²) in [6.07, 6.45) is 1.14. The van der Waals surface area contributed by atoms with Gasteiger partial charge in [0.2, 0.25) is 5.91 Å². The number of methoxy groups -OCH3 is 1. The zero-order chi connectivity index (χ0) is 20.3. The van der Waals surface area contributed by atoms with Crippen molar-refractivity contribution in [2.75, 3.05) is 20.2 Å². The van der Waals surface area contributed by atoms with E-state index >= 15 is 0 Å². The van der Waals surface area contributed by atoms with E-state index in [0.29, 0.717) is 24.4 Å². The third-order valence-electron chi connectivity index (χ3n) is 5.19. The quantitative estimate of drug-likeness (QED) is 0.786. The Balaban J connectivity index is 1.94. The number of phenolic OH excluding ortho intramolecular Hbond substituents is 1. The van der Waals surface area contributed by atoms with Crippen LogP contribution in [0.4, 0.5) is 0 Å². The Morgan fingerprint density at radius 3 is 2.64 bits per heavy atom. The van der Waals surface area contributed by atoms with Gasteiger partial charge in [-0.1, -0.05) is 13.0 Å². The molecular formula is C22H29NO4S. The van der Waals surface area contributed by atoms with Gasteiger partial charge in [0.1, 0.15) is 11.5 Å². The van der Waals surface area contributed by atoms with Crippen molar-refractivity contribution in [3.8, 4) is 11.5 Å². The second-order valence-corrected chi connectivity index (χ2v) is 8.39. The lowest BCUT2D eigenvalue weighted by atomic mass is 9.90. The maximum atomic E-state index is 13.2. The van der Waals surface area contributed by atoms with Crippen molar-refractivity contribution in [2.24, 2.45) is 0 Å². The van der Waals surface area contributed by atoms with Crippen LogP contribution in [0.15, 0.2) is 29.6 Å². The van der Waals surface area contributed by atoms with Gasteiger partial charge in [0, 0.05) is 35.9 Å². The van der Waals surface area contributed by atoms with Gasteiger partial charge >= 0.3 is 0 Å². The van der Waals surface area contributed by atoms with Crippen LogP contribution in [0.2, 0.25) is 0 Å². The van der Waals surface area contributed by atoms with Crippen LogP contribution < -0.4 is 4.74 Å². The van der Waals surface area contributed by atoms with E-state index in [0.717, 1.165) is 16.9 Å². The van der Waals surface area contributed by atoms with Gasteiger partial charge in [0.05, 0.1) is 19.3 Å². The molecule has 0 radical (unpaired) electrons. The Labute approximate surface area is 170 Å². The number of ether oxygens (including phenoxy) is 2. The summed E-state index contributed by atoms with van der Waals surface area (Å²) in [6, 6.07) is 7.72. The largest absolute Gasteiger partial charge is 0.507 e. The molecule has 0 spiro atoms. The molecule has 2 heterocycles. The van der Waals surface area contributed by atoms with Crippen molar-refractivity contribution in [2.45, 2.75) is 51.7 Å². The van der Waals surface area contributed by atoms with Gasteiger partial charge in [0.15, 0.2) is 0 Å². The van der Waals surface area contributed by atoms with Crippen LogP contribution >= 0.6 is 11.3 Å². The van der Waals surface area contributed by atoms with Gasteiger partial charge in [-0.25, -0.2) is 0 Å². The smallest absolute Gasteiger partial charge is 0.223 e. The van der Waals surface area contributed by atoms with Crippen molar-refractivity contribution >= 4 is 17.2 Å². The maximum Gasteiger partial charge on any atom is 0.223 e. The highest BCUT2D eigenvalue weighted by Gasteiger charge is 2.31. The molecular weight excluding hydrogens is 374 g/mol. The Morgan fingerprint density at radius 1 is 1.36 bits per heavy atom. The second-order valence-electron chi connectivity index (χ2n) is 7.41. The van der Waals surface area contributed by atoms with Crippen LogP contribution in [0, 0.1) is 0 Å². The Kier molecular flexibility index (Phi) is 6.62. The van der Waals surface area contributed by atoms with Crippen molar-refractivity contribution in [3.63, 3.8) is 0 Å². The Hall–Kier alpha value is -2.05. The van der Waals surface area contributed by atoms with E-state index in [9.17, 15) is 9.90 Å². The molecule has 1 aliphatic rings. The second kappa shape index (κ2) is 8.97. The summed E-state index contributed by atoms with van der Waals surface area (Å²) in [4.78, 5) is 16.1. The molecule has 1 amide bonds. The SMILES string of the molecule is CCc1cc(O)c(C(CC(=O)N2CC(C)OC(C)C2)c2cccs2)c(OC)c1. The molecule has 1 N–H and O–H groups in total. The highest BCUT2D eigenvalue weighted by molar-refractivity contribution is 7.10. The summed E-state index contributed by atoms with van der Waals surface area (Å²) in [5.41, 5.74) is 1.69. The molecule has 152 valence electrons. The number of aromatic hydroxyl groups is 1.